The molecule has 166 valence electrons. The highest BCUT2D eigenvalue weighted by atomic mass is 35.5. The Labute approximate surface area is 192 Å². The maximum atomic E-state index is 12.4. The van der Waals surface area contributed by atoms with Gasteiger partial charge in [0.25, 0.3) is 0 Å². The minimum absolute atomic E-state index is 0.000911. The van der Waals surface area contributed by atoms with Gasteiger partial charge in [0.2, 0.25) is 10.0 Å². The maximum Gasteiger partial charge on any atom is 0.240 e. The number of nitriles is 1. The van der Waals surface area contributed by atoms with E-state index >= 15 is 0 Å². The summed E-state index contributed by atoms with van der Waals surface area (Å²) in [5.74, 6) is 0.669. The Balaban J connectivity index is 1.44. The normalized spacial score (nSPS) is 16.6. The van der Waals surface area contributed by atoms with E-state index in [4.69, 9.17) is 33.2 Å². The van der Waals surface area contributed by atoms with Gasteiger partial charge in [-0.1, -0.05) is 29.3 Å². The van der Waals surface area contributed by atoms with E-state index in [1.165, 1.54) is 24.3 Å². The van der Waals surface area contributed by atoms with Crippen molar-refractivity contribution in [3.8, 4) is 11.8 Å². The zero-order chi connectivity index (χ0) is 22.4. The van der Waals surface area contributed by atoms with Gasteiger partial charge in [0.05, 0.1) is 32.7 Å². The van der Waals surface area contributed by atoms with Gasteiger partial charge in [-0.2, -0.15) is 5.26 Å². The van der Waals surface area contributed by atoms with Crippen LogP contribution in [-0.4, -0.2) is 56.8 Å². The molecule has 2 N–H and O–H groups in total. The van der Waals surface area contributed by atoms with E-state index < -0.39 is 16.1 Å². The van der Waals surface area contributed by atoms with Crippen molar-refractivity contribution in [2.45, 2.75) is 29.9 Å². The van der Waals surface area contributed by atoms with Gasteiger partial charge in [0.15, 0.2) is 0 Å². The number of hydrogen-bond acceptors (Lipinski definition) is 6. The topological polar surface area (TPSA) is 103 Å². The number of piperidine rings is 1. The Morgan fingerprint density at radius 2 is 1.94 bits per heavy atom. The number of rotatable bonds is 8. The molecule has 0 unspecified atom stereocenters. The molecule has 0 saturated carbocycles. The minimum atomic E-state index is -3.80. The molecule has 2 aromatic carbocycles. The fraction of sp³-hybridized carbons (Fsp3) is 0.381. The van der Waals surface area contributed by atoms with Crippen LogP contribution in [-0.2, 0) is 10.0 Å². The molecular formula is C21H23Cl2N3O4S. The molecule has 0 amide bonds. The monoisotopic (exact) mass is 483 g/mol. The average Bonchev–Trinajstić information content (AvgIpc) is 2.76. The van der Waals surface area contributed by atoms with Crippen molar-refractivity contribution in [2.24, 2.45) is 0 Å². The summed E-state index contributed by atoms with van der Waals surface area (Å²) in [6.45, 7) is 1.68. The molecular weight excluding hydrogens is 461 g/mol. The average molecular weight is 484 g/mol. The van der Waals surface area contributed by atoms with Gasteiger partial charge in [-0.3, -0.25) is 0 Å². The first-order valence-corrected chi connectivity index (χ1v) is 12.0. The number of likely N-dealkylation sites (tertiary alicyclic amines) is 1. The second kappa shape index (κ2) is 10.6. The molecule has 31 heavy (non-hydrogen) atoms. The molecule has 0 bridgehead atoms. The third-order valence-corrected chi connectivity index (χ3v) is 7.14. The highest BCUT2D eigenvalue weighted by Crippen LogP contribution is 2.28. The number of halogens is 2. The molecule has 1 fully saturated rings. The lowest BCUT2D eigenvalue weighted by Gasteiger charge is -2.33. The van der Waals surface area contributed by atoms with Gasteiger partial charge >= 0.3 is 0 Å². The molecule has 0 aliphatic carbocycles. The minimum Gasteiger partial charge on any atom is -0.490 e. The van der Waals surface area contributed by atoms with Crippen LogP contribution < -0.4 is 9.46 Å². The van der Waals surface area contributed by atoms with E-state index in [0.29, 0.717) is 22.3 Å². The van der Waals surface area contributed by atoms with Gasteiger partial charge < -0.3 is 14.7 Å². The summed E-state index contributed by atoms with van der Waals surface area (Å²) in [5.41, 5.74) is 0.259. The van der Waals surface area contributed by atoms with Crippen LogP contribution >= 0.6 is 23.2 Å². The van der Waals surface area contributed by atoms with Crippen LogP contribution in [0, 0.1) is 11.3 Å². The summed E-state index contributed by atoms with van der Waals surface area (Å²) < 4.78 is 33.1. The zero-order valence-electron chi connectivity index (χ0n) is 16.7. The van der Waals surface area contributed by atoms with Crippen molar-refractivity contribution in [2.75, 3.05) is 26.2 Å². The third-order valence-electron chi connectivity index (χ3n) is 4.98. The summed E-state index contributed by atoms with van der Waals surface area (Å²) in [6, 6.07) is 12.8. The van der Waals surface area contributed by atoms with Crippen LogP contribution in [0.2, 0.25) is 10.0 Å². The van der Waals surface area contributed by atoms with Crippen molar-refractivity contribution in [1.29, 1.82) is 5.26 Å². The smallest absolute Gasteiger partial charge is 0.240 e. The summed E-state index contributed by atoms with van der Waals surface area (Å²) >= 11 is 11.9. The lowest BCUT2D eigenvalue weighted by molar-refractivity contribution is 0.0630. The van der Waals surface area contributed by atoms with Gasteiger partial charge in [0, 0.05) is 32.2 Å². The van der Waals surface area contributed by atoms with Crippen LogP contribution in [0.4, 0.5) is 0 Å². The predicted molar refractivity (Wildman–Crippen MR) is 119 cm³/mol. The number of β-amino-alcohol motifs (C(OH)–C–C–N with tert-alkyl or cyclic N) is 1. The zero-order valence-corrected chi connectivity index (χ0v) is 19.0. The molecule has 10 heteroatoms. The first-order valence-electron chi connectivity index (χ1n) is 9.79. The van der Waals surface area contributed by atoms with Crippen molar-refractivity contribution in [1.82, 2.24) is 9.62 Å². The number of aliphatic hydroxyl groups is 1. The van der Waals surface area contributed by atoms with Crippen molar-refractivity contribution >= 4 is 33.2 Å². The largest absolute Gasteiger partial charge is 0.490 e. The Morgan fingerprint density at radius 3 is 2.61 bits per heavy atom. The molecule has 3 rings (SSSR count). The predicted octanol–water partition coefficient (Wildman–Crippen LogP) is 3.05. The summed E-state index contributed by atoms with van der Waals surface area (Å²) in [7, 11) is -3.80. The number of nitrogens with zero attached hydrogens (tertiary/aromatic N) is 2. The second-order valence-corrected chi connectivity index (χ2v) is 9.92. The van der Waals surface area contributed by atoms with E-state index in [9.17, 15) is 13.5 Å². The van der Waals surface area contributed by atoms with Gasteiger partial charge in [-0.15, -0.1) is 0 Å². The van der Waals surface area contributed by atoms with Crippen LogP contribution in [0.3, 0.4) is 0 Å². The first-order chi connectivity index (χ1) is 14.8. The molecule has 1 atom stereocenters. The van der Waals surface area contributed by atoms with Crippen molar-refractivity contribution < 1.29 is 18.3 Å². The van der Waals surface area contributed by atoms with Crippen LogP contribution in [0.5, 0.6) is 5.75 Å². The Kier molecular flexibility index (Phi) is 8.17. The molecule has 7 nitrogen and oxygen atoms in total. The number of ether oxygens (including phenoxy) is 1. The summed E-state index contributed by atoms with van der Waals surface area (Å²) in [6.07, 6.45) is 0.734. The summed E-state index contributed by atoms with van der Waals surface area (Å²) in [4.78, 5) is 2.07. The number of sulfonamides is 1. The highest BCUT2D eigenvalue weighted by molar-refractivity contribution is 7.89. The van der Waals surface area contributed by atoms with Crippen LogP contribution in [0.1, 0.15) is 18.4 Å². The molecule has 0 aromatic heterocycles. The van der Waals surface area contributed by atoms with E-state index in [1.54, 1.807) is 18.2 Å². The lowest BCUT2D eigenvalue weighted by Crippen LogP contribution is -2.45. The Bertz CT molecular complexity index is 1050. The number of hydrogen-bond donors (Lipinski definition) is 2. The first kappa shape index (κ1) is 23.8. The van der Waals surface area contributed by atoms with E-state index in [1.807, 2.05) is 6.07 Å². The molecule has 1 heterocycles. The number of benzene rings is 2. The molecule has 1 saturated heterocycles. The summed E-state index contributed by atoms with van der Waals surface area (Å²) in [5, 5.41) is 20.1. The molecule has 1 aliphatic rings. The molecule has 1 aliphatic heterocycles. The van der Waals surface area contributed by atoms with Crippen molar-refractivity contribution in [3.63, 3.8) is 0 Å². The van der Waals surface area contributed by atoms with Gasteiger partial charge in [-0.25, -0.2) is 13.1 Å². The van der Waals surface area contributed by atoms with E-state index in [0.717, 1.165) is 25.9 Å². The van der Waals surface area contributed by atoms with Crippen LogP contribution in [0.15, 0.2) is 47.4 Å². The maximum absolute atomic E-state index is 12.4. The standard InChI is InChI=1S/C21H23Cl2N3O4S/c22-20-5-4-18(11-21(20)23)30-17-6-8-26(9-7-17)14-16(27)13-25-31(28,29)19-3-1-2-15(10-19)12-24/h1-5,10-11,16-17,25,27H,6-9,13-14H2/t16-/m0/s1. The Morgan fingerprint density at radius 1 is 1.19 bits per heavy atom. The lowest BCUT2D eigenvalue weighted by atomic mass is 10.1. The SMILES string of the molecule is N#Cc1cccc(S(=O)(=O)NC[C@H](O)CN2CCC(Oc3ccc(Cl)c(Cl)c3)CC2)c1. The van der Waals surface area contributed by atoms with Gasteiger partial charge in [0.1, 0.15) is 11.9 Å². The Hall–Kier alpha value is -1.86. The highest BCUT2D eigenvalue weighted by Gasteiger charge is 2.23. The molecule has 2 aromatic rings. The van der Waals surface area contributed by atoms with Crippen molar-refractivity contribution in [3.05, 3.63) is 58.1 Å². The van der Waals surface area contributed by atoms with Crippen LogP contribution in [0.25, 0.3) is 0 Å². The second-order valence-electron chi connectivity index (χ2n) is 7.34. The number of aliphatic hydroxyl groups excluding tert-OH is 1. The molecule has 0 spiro atoms. The fourth-order valence-corrected chi connectivity index (χ4v) is 4.74. The quantitative estimate of drug-likeness (QED) is 0.597. The van der Waals surface area contributed by atoms with Gasteiger partial charge in [-0.05, 0) is 43.2 Å². The van der Waals surface area contributed by atoms with E-state index in [-0.39, 0.29) is 23.1 Å². The fourth-order valence-electron chi connectivity index (χ4n) is 3.34. The molecule has 0 radical (unpaired) electrons. The van der Waals surface area contributed by atoms with E-state index in [2.05, 4.69) is 9.62 Å². The number of nitrogens with one attached hydrogen (secondary N) is 1. The third kappa shape index (κ3) is 6.81.